The third-order valence-electron chi connectivity index (χ3n) is 9.88. The van der Waals surface area contributed by atoms with Crippen LogP contribution in [0.15, 0.2) is 48.8 Å². The molecule has 6 rings (SSSR count). The summed E-state index contributed by atoms with van der Waals surface area (Å²) in [4.78, 5) is 38.1. The third kappa shape index (κ3) is 5.90. The minimum Gasteiger partial charge on any atom is -0.371 e. The van der Waals surface area contributed by atoms with Gasteiger partial charge in [-0.05, 0) is 106 Å². The van der Waals surface area contributed by atoms with Gasteiger partial charge < -0.3 is 15.1 Å². The van der Waals surface area contributed by atoms with Crippen molar-refractivity contribution < 1.29 is 9.59 Å². The topological polar surface area (TPSA) is 68.8 Å². The van der Waals surface area contributed by atoms with Crippen LogP contribution in [0.2, 0.25) is 0 Å². The Balaban J connectivity index is 1.02. The maximum absolute atomic E-state index is 13.7. The van der Waals surface area contributed by atoms with Gasteiger partial charge in [0, 0.05) is 62.8 Å². The molecular formula is C33H45N5O2. The first-order chi connectivity index (χ1) is 19.7. The van der Waals surface area contributed by atoms with E-state index in [9.17, 15) is 9.59 Å². The first-order valence-electron chi connectivity index (χ1n) is 15.7. The fourth-order valence-corrected chi connectivity index (χ4v) is 8.16. The lowest BCUT2D eigenvalue weighted by molar-refractivity contribution is -0.121. The molecule has 1 N–H and O–H groups in total. The van der Waals surface area contributed by atoms with Gasteiger partial charge in [0.15, 0.2) is 0 Å². The predicted molar refractivity (Wildman–Crippen MR) is 158 cm³/mol. The van der Waals surface area contributed by atoms with Crippen molar-refractivity contribution in [1.82, 2.24) is 20.1 Å². The molecule has 0 bridgehead atoms. The second kappa shape index (κ2) is 12.7. The minimum atomic E-state index is 0.114. The zero-order chi connectivity index (χ0) is 27.3. The smallest absolute Gasteiger partial charge is 0.255 e. The summed E-state index contributed by atoms with van der Waals surface area (Å²) in [7, 11) is 0. The Hall–Kier alpha value is -2.93. The molecule has 40 heavy (non-hydrogen) atoms. The number of likely N-dealkylation sites (tertiary alicyclic amines) is 1. The first-order valence-corrected chi connectivity index (χ1v) is 15.7. The highest BCUT2D eigenvalue weighted by Crippen LogP contribution is 2.43. The van der Waals surface area contributed by atoms with Gasteiger partial charge >= 0.3 is 0 Å². The molecule has 4 aliphatic heterocycles. The van der Waals surface area contributed by atoms with E-state index < -0.39 is 0 Å². The maximum Gasteiger partial charge on any atom is 0.255 e. The zero-order valence-electron chi connectivity index (χ0n) is 23.8. The molecule has 0 radical (unpaired) electrons. The van der Waals surface area contributed by atoms with E-state index in [-0.39, 0.29) is 17.9 Å². The average molecular weight is 544 g/mol. The van der Waals surface area contributed by atoms with Crippen LogP contribution in [-0.4, -0.2) is 78.0 Å². The van der Waals surface area contributed by atoms with Crippen molar-refractivity contribution in [2.45, 2.75) is 76.3 Å². The second-order valence-electron chi connectivity index (χ2n) is 12.3. The van der Waals surface area contributed by atoms with E-state index in [0.29, 0.717) is 36.4 Å². The van der Waals surface area contributed by atoms with E-state index in [1.807, 2.05) is 12.1 Å². The zero-order valence-corrected chi connectivity index (χ0v) is 23.8. The Kier molecular flexibility index (Phi) is 8.66. The highest BCUT2D eigenvalue weighted by Gasteiger charge is 2.49. The molecular weight excluding hydrogens is 498 g/mol. The van der Waals surface area contributed by atoms with Gasteiger partial charge in [-0.2, -0.15) is 0 Å². The Bertz CT molecular complexity index is 1150. The second-order valence-corrected chi connectivity index (χ2v) is 12.3. The number of hydrogen-bond acceptors (Lipinski definition) is 5. The summed E-state index contributed by atoms with van der Waals surface area (Å²) in [6, 6.07) is 13.2. The molecule has 0 saturated carbocycles. The molecule has 0 aliphatic carbocycles. The Morgan fingerprint density at radius 3 is 2.73 bits per heavy atom. The number of benzene rings is 1. The van der Waals surface area contributed by atoms with Crippen LogP contribution >= 0.6 is 0 Å². The molecule has 7 heteroatoms. The van der Waals surface area contributed by atoms with Crippen LogP contribution in [0.25, 0.3) is 0 Å². The summed E-state index contributed by atoms with van der Waals surface area (Å²) in [5.74, 6) is 1.32. The summed E-state index contributed by atoms with van der Waals surface area (Å²) in [5, 5.41) is 3.17. The SMILES string of the molecule is O=C(CCCC1C2CCCN3CCCC(CN1C(=O)c1cccnc1)C23)NCCCN1CCCc2ccccc21. The average Bonchev–Trinajstić information content (AvgIpc) is 3.00. The van der Waals surface area contributed by atoms with Crippen LogP contribution in [0, 0.1) is 11.8 Å². The number of carbonyl (C=O) groups excluding carboxylic acids is 2. The number of nitrogens with one attached hydrogen (secondary N) is 1. The first kappa shape index (κ1) is 27.3. The van der Waals surface area contributed by atoms with E-state index in [1.165, 1.54) is 56.4 Å². The van der Waals surface area contributed by atoms with Crippen LogP contribution in [0.5, 0.6) is 0 Å². The van der Waals surface area contributed by atoms with E-state index in [4.69, 9.17) is 0 Å². The van der Waals surface area contributed by atoms with Crippen molar-refractivity contribution in [3.63, 3.8) is 0 Å². The number of pyridine rings is 1. The minimum absolute atomic E-state index is 0.114. The standard InChI is InChI=1S/C33H45N5O2/c39-31(35-18-8-22-36-19-5-11-25-9-1-2-14-29(25)36)16-3-15-30-28-13-7-21-37-20-6-12-27(32(28)37)24-38(30)33(40)26-10-4-17-34-23-26/h1-2,4,9-10,14,17,23,27-28,30,32H,3,5-8,11-13,15-16,18-22,24H2,(H,35,39). The molecule has 214 valence electrons. The van der Waals surface area contributed by atoms with Gasteiger partial charge in [0.25, 0.3) is 5.91 Å². The molecule has 0 spiro atoms. The number of hydrogen-bond donors (Lipinski definition) is 1. The summed E-state index contributed by atoms with van der Waals surface area (Å²) in [6.45, 7) is 6.03. The molecule has 2 amide bonds. The number of carbonyl (C=O) groups is 2. The van der Waals surface area contributed by atoms with Gasteiger partial charge in [-0.1, -0.05) is 18.2 Å². The Labute approximate surface area is 239 Å². The molecule has 3 fully saturated rings. The highest BCUT2D eigenvalue weighted by molar-refractivity contribution is 5.94. The van der Waals surface area contributed by atoms with Gasteiger partial charge in [-0.3, -0.25) is 19.5 Å². The van der Waals surface area contributed by atoms with Crippen molar-refractivity contribution in [3.8, 4) is 0 Å². The van der Waals surface area contributed by atoms with Crippen molar-refractivity contribution >= 4 is 17.5 Å². The van der Waals surface area contributed by atoms with Crippen LogP contribution in [0.1, 0.15) is 73.7 Å². The molecule has 1 aromatic heterocycles. The molecule has 4 unspecified atom stereocenters. The number of nitrogens with zero attached hydrogens (tertiary/aromatic N) is 4. The van der Waals surface area contributed by atoms with Crippen LogP contribution in [-0.2, 0) is 11.2 Å². The molecule has 4 aliphatic rings. The van der Waals surface area contributed by atoms with Gasteiger partial charge in [-0.25, -0.2) is 0 Å². The highest BCUT2D eigenvalue weighted by atomic mass is 16.2. The summed E-state index contributed by atoms with van der Waals surface area (Å²) in [5.41, 5.74) is 3.49. The summed E-state index contributed by atoms with van der Waals surface area (Å²) >= 11 is 0. The summed E-state index contributed by atoms with van der Waals surface area (Å²) in [6.07, 6.45) is 13.8. The van der Waals surface area contributed by atoms with Gasteiger partial charge in [0.05, 0.1) is 5.56 Å². The number of para-hydroxylation sites is 1. The Morgan fingerprint density at radius 2 is 1.85 bits per heavy atom. The maximum atomic E-state index is 13.7. The number of aromatic nitrogens is 1. The molecule has 5 heterocycles. The van der Waals surface area contributed by atoms with E-state index in [0.717, 1.165) is 45.3 Å². The van der Waals surface area contributed by atoms with Gasteiger partial charge in [0.1, 0.15) is 0 Å². The number of aryl methyl sites for hydroxylation is 1. The largest absolute Gasteiger partial charge is 0.371 e. The molecule has 2 aromatic rings. The van der Waals surface area contributed by atoms with E-state index in [2.05, 4.69) is 49.3 Å². The van der Waals surface area contributed by atoms with Crippen molar-refractivity contribution in [3.05, 3.63) is 59.9 Å². The lowest BCUT2D eigenvalue weighted by Crippen LogP contribution is -2.65. The molecule has 7 nitrogen and oxygen atoms in total. The fourth-order valence-electron chi connectivity index (χ4n) is 8.16. The van der Waals surface area contributed by atoms with Crippen LogP contribution in [0.3, 0.4) is 0 Å². The number of amides is 2. The van der Waals surface area contributed by atoms with Gasteiger partial charge in [0.2, 0.25) is 5.91 Å². The fraction of sp³-hybridized carbons (Fsp3) is 0.606. The van der Waals surface area contributed by atoms with Crippen LogP contribution in [0.4, 0.5) is 5.69 Å². The summed E-state index contributed by atoms with van der Waals surface area (Å²) < 4.78 is 0. The van der Waals surface area contributed by atoms with Crippen molar-refractivity contribution in [2.75, 3.05) is 44.2 Å². The monoisotopic (exact) mass is 543 g/mol. The number of anilines is 1. The number of rotatable bonds is 9. The van der Waals surface area contributed by atoms with Crippen molar-refractivity contribution in [1.29, 1.82) is 0 Å². The van der Waals surface area contributed by atoms with Crippen molar-refractivity contribution in [2.24, 2.45) is 11.8 Å². The molecule has 3 saturated heterocycles. The normalized spacial score (nSPS) is 26.1. The lowest BCUT2D eigenvalue weighted by atomic mass is 9.69. The number of fused-ring (bicyclic) bond motifs is 1. The Morgan fingerprint density at radius 1 is 0.975 bits per heavy atom. The molecule has 4 atom stereocenters. The predicted octanol–water partition coefficient (Wildman–Crippen LogP) is 4.53. The van der Waals surface area contributed by atoms with E-state index in [1.54, 1.807) is 12.4 Å². The molecule has 1 aromatic carbocycles. The quantitative estimate of drug-likeness (QED) is 0.471. The van der Waals surface area contributed by atoms with Crippen LogP contribution < -0.4 is 10.2 Å². The van der Waals surface area contributed by atoms with Gasteiger partial charge in [-0.15, -0.1) is 0 Å². The third-order valence-corrected chi connectivity index (χ3v) is 9.88. The number of piperidine rings is 3. The van der Waals surface area contributed by atoms with E-state index >= 15 is 0 Å². The lowest BCUT2D eigenvalue weighted by Gasteiger charge is -2.57.